The number of aryl methyl sites for hydroxylation is 1. The number of esters is 1. The second-order valence-electron chi connectivity index (χ2n) is 3.45. The molecule has 0 saturated carbocycles. The van der Waals surface area contributed by atoms with E-state index in [1.165, 1.54) is 6.20 Å². The van der Waals surface area contributed by atoms with Crippen LogP contribution < -0.4 is 0 Å². The first-order valence-electron chi connectivity index (χ1n) is 5.76. The quantitative estimate of drug-likeness (QED) is 0.555. The average molecular weight is 238 g/mol. The van der Waals surface area contributed by atoms with E-state index in [1.807, 2.05) is 6.92 Å². The molecule has 0 aromatic carbocycles. The molecule has 5 heteroatoms. The van der Waals surface area contributed by atoms with Crippen molar-refractivity contribution < 1.29 is 14.3 Å². The van der Waals surface area contributed by atoms with Crippen LogP contribution >= 0.6 is 0 Å². The highest BCUT2D eigenvalue weighted by atomic mass is 16.5. The molecule has 0 spiro atoms. The Hall–Kier alpha value is -1.49. The van der Waals surface area contributed by atoms with Gasteiger partial charge in [-0.05, 0) is 20.8 Å². The van der Waals surface area contributed by atoms with Gasteiger partial charge in [0.05, 0.1) is 24.5 Å². The lowest BCUT2D eigenvalue weighted by Gasteiger charge is -2.06. The fourth-order valence-corrected chi connectivity index (χ4v) is 1.35. The van der Waals surface area contributed by atoms with Crippen LogP contribution in [-0.4, -0.2) is 35.8 Å². The third kappa shape index (κ3) is 4.11. The van der Waals surface area contributed by atoms with Crippen molar-refractivity contribution in [3.05, 3.63) is 23.3 Å². The normalized spacial score (nSPS) is 10.3. The number of carbonyl (C=O) groups is 1. The number of nitrogens with zero attached hydrogens (tertiary/aromatic N) is 2. The van der Waals surface area contributed by atoms with Crippen molar-refractivity contribution in [2.24, 2.45) is 0 Å². The third-order valence-corrected chi connectivity index (χ3v) is 2.20. The van der Waals surface area contributed by atoms with Crippen LogP contribution in [0.1, 0.15) is 35.7 Å². The first kappa shape index (κ1) is 13.6. The summed E-state index contributed by atoms with van der Waals surface area (Å²) in [6, 6.07) is 0. The Bertz CT molecular complexity index is 380. The van der Waals surface area contributed by atoms with E-state index in [0.29, 0.717) is 43.3 Å². The maximum Gasteiger partial charge on any atom is 0.341 e. The van der Waals surface area contributed by atoms with Gasteiger partial charge in [-0.3, -0.25) is 0 Å². The number of hydrogen-bond donors (Lipinski definition) is 0. The largest absolute Gasteiger partial charge is 0.462 e. The summed E-state index contributed by atoms with van der Waals surface area (Å²) in [5.74, 6) is 0.311. The van der Waals surface area contributed by atoms with Crippen molar-refractivity contribution >= 4 is 5.97 Å². The van der Waals surface area contributed by atoms with E-state index < -0.39 is 0 Å². The smallest absolute Gasteiger partial charge is 0.341 e. The summed E-state index contributed by atoms with van der Waals surface area (Å²) in [4.78, 5) is 19.9. The molecule has 0 aliphatic heterocycles. The van der Waals surface area contributed by atoms with Crippen LogP contribution in [-0.2, 0) is 15.9 Å². The van der Waals surface area contributed by atoms with Crippen LogP contribution in [0.15, 0.2) is 6.20 Å². The molecule has 17 heavy (non-hydrogen) atoms. The maximum atomic E-state index is 11.5. The molecule has 0 aliphatic carbocycles. The fourth-order valence-electron chi connectivity index (χ4n) is 1.35. The van der Waals surface area contributed by atoms with Crippen molar-refractivity contribution in [3.63, 3.8) is 0 Å². The van der Waals surface area contributed by atoms with Crippen molar-refractivity contribution in [2.45, 2.75) is 27.2 Å². The summed E-state index contributed by atoms with van der Waals surface area (Å²) < 4.78 is 10.1. The lowest BCUT2D eigenvalue weighted by Crippen LogP contribution is -2.11. The lowest BCUT2D eigenvalue weighted by molar-refractivity contribution is 0.0524. The van der Waals surface area contributed by atoms with E-state index in [-0.39, 0.29) is 5.97 Å². The zero-order chi connectivity index (χ0) is 12.7. The van der Waals surface area contributed by atoms with Crippen molar-refractivity contribution in [1.82, 2.24) is 9.97 Å². The van der Waals surface area contributed by atoms with Gasteiger partial charge in [-0.1, -0.05) is 0 Å². The van der Waals surface area contributed by atoms with E-state index in [0.717, 1.165) is 0 Å². The minimum Gasteiger partial charge on any atom is -0.462 e. The van der Waals surface area contributed by atoms with Gasteiger partial charge in [0.25, 0.3) is 0 Å². The number of carbonyl (C=O) groups excluding carboxylic acids is 1. The Morgan fingerprint density at radius 3 is 2.71 bits per heavy atom. The molecule has 0 radical (unpaired) electrons. The zero-order valence-electron chi connectivity index (χ0n) is 10.5. The van der Waals surface area contributed by atoms with Gasteiger partial charge >= 0.3 is 5.97 Å². The Labute approximate surface area is 101 Å². The molecule has 1 heterocycles. The van der Waals surface area contributed by atoms with Gasteiger partial charge in [0.15, 0.2) is 0 Å². The molecule has 0 bridgehead atoms. The van der Waals surface area contributed by atoms with E-state index in [1.54, 1.807) is 13.8 Å². The molecule has 0 fully saturated rings. The number of ether oxygens (including phenoxy) is 2. The van der Waals surface area contributed by atoms with Gasteiger partial charge in [-0.15, -0.1) is 0 Å². The number of hydrogen-bond acceptors (Lipinski definition) is 5. The van der Waals surface area contributed by atoms with E-state index in [2.05, 4.69) is 9.97 Å². The summed E-state index contributed by atoms with van der Waals surface area (Å²) in [7, 11) is 0. The lowest BCUT2D eigenvalue weighted by atomic mass is 10.2. The van der Waals surface area contributed by atoms with Crippen LogP contribution in [0.4, 0.5) is 0 Å². The van der Waals surface area contributed by atoms with Crippen molar-refractivity contribution in [3.8, 4) is 0 Å². The SMILES string of the molecule is CCOCCc1ncc(C(=O)OCC)c(C)n1. The van der Waals surface area contributed by atoms with Crippen LogP contribution in [0, 0.1) is 6.92 Å². The average Bonchev–Trinajstić information content (AvgIpc) is 2.29. The van der Waals surface area contributed by atoms with E-state index in [4.69, 9.17) is 9.47 Å². The maximum absolute atomic E-state index is 11.5. The molecule has 5 nitrogen and oxygen atoms in total. The van der Waals surface area contributed by atoms with E-state index >= 15 is 0 Å². The topological polar surface area (TPSA) is 61.3 Å². The Morgan fingerprint density at radius 2 is 2.12 bits per heavy atom. The van der Waals surface area contributed by atoms with Gasteiger partial charge in [0.2, 0.25) is 0 Å². The molecule has 94 valence electrons. The number of rotatable bonds is 6. The second-order valence-corrected chi connectivity index (χ2v) is 3.45. The van der Waals surface area contributed by atoms with E-state index in [9.17, 15) is 4.79 Å². The van der Waals surface area contributed by atoms with Gasteiger partial charge in [-0.2, -0.15) is 0 Å². The van der Waals surface area contributed by atoms with Crippen LogP contribution in [0.5, 0.6) is 0 Å². The molecule has 0 aliphatic rings. The highest BCUT2D eigenvalue weighted by Crippen LogP contribution is 2.06. The highest BCUT2D eigenvalue weighted by Gasteiger charge is 2.12. The summed E-state index contributed by atoms with van der Waals surface area (Å²) >= 11 is 0. The van der Waals surface area contributed by atoms with Crippen LogP contribution in [0.25, 0.3) is 0 Å². The molecule has 0 unspecified atom stereocenters. The summed E-state index contributed by atoms with van der Waals surface area (Å²) in [5.41, 5.74) is 1.07. The molecule has 1 aromatic rings. The van der Waals surface area contributed by atoms with Gasteiger partial charge in [0.1, 0.15) is 5.82 Å². The third-order valence-electron chi connectivity index (χ3n) is 2.20. The van der Waals surface area contributed by atoms with Crippen molar-refractivity contribution in [2.75, 3.05) is 19.8 Å². The summed E-state index contributed by atoms with van der Waals surface area (Å²) in [5, 5.41) is 0. The first-order chi connectivity index (χ1) is 8.19. The molecule has 1 aromatic heterocycles. The van der Waals surface area contributed by atoms with Crippen LogP contribution in [0.2, 0.25) is 0 Å². The first-order valence-corrected chi connectivity index (χ1v) is 5.76. The Kier molecular flexibility index (Phi) is 5.56. The minimum absolute atomic E-state index is 0.352. The Morgan fingerprint density at radius 1 is 1.35 bits per heavy atom. The summed E-state index contributed by atoms with van der Waals surface area (Å²) in [6.07, 6.45) is 2.17. The standard InChI is InChI=1S/C12H18N2O3/c1-4-16-7-6-11-13-8-10(9(3)14-11)12(15)17-5-2/h8H,4-7H2,1-3H3. The molecule has 0 atom stereocenters. The molecular weight excluding hydrogens is 220 g/mol. The molecule has 0 saturated heterocycles. The fraction of sp³-hybridized carbons (Fsp3) is 0.583. The van der Waals surface area contributed by atoms with Crippen LogP contribution in [0.3, 0.4) is 0 Å². The molecule has 0 amide bonds. The van der Waals surface area contributed by atoms with Gasteiger partial charge < -0.3 is 9.47 Å². The molecule has 0 N–H and O–H groups in total. The van der Waals surface area contributed by atoms with Gasteiger partial charge in [0, 0.05) is 19.2 Å². The minimum atomic E-state index is -0.374. The summed E-state index contributed by atoms with van der Waals surface area (Å²) in [6.45, 7) is 7.11. The molecular formula is C12H18N2O3. The predicted octanol–water partition coefficient (Wildman–Crippen LogP) is 1.54. The number of aromatic nitrogens is 2. The second kappa shape index (κ2) is 6.96. The monoisotopic (exact) mass is 238 g/mol. The van der Waals surface area contributed by atoms with Gasteiger partial charge in [-0.25, -0.2) is 14.8 Å². The van der Waals surface area contributed by atoms with Crippen molar-refractivity contribution in [1.29, 1.82) is 0 Å². The zero-order valence-corrected chi connectivity index (χ0v) is 10.5. The predicted molar refractivity (Wildman–Crippen MR) is 62.9 cm³/mol. The highest BCUT2D eigenvalue weighted by molar-refractivity contribution is 5.90. The Balaban J connectivity index is 2.68. The molecule has 1 rings (SSSR count).